The van der Waals surface area contributed by atoms with Gasteiger partial charge in [0.1, 0.15) is 11.6 Å². The predicted molar refractivity (Wildman–Crippen MR) is 175 cm³/mol. The summed E-state index contributed by atoms with van der Waals surface area (Å²) in [7, 11) is 0. The summed E-state index contributed by atoms with van der Waals surface area (Å²) in [6, 6.07) is 13.3. The van der Waals surface area contributed by atoms with Gasteiger partial charge in [-0.2, -0.15) is 0 Å². The molecular weight excluding hydrogens is 615 g/mol. The average Bonchev–Trinajstić information content (AvgIpc) is 3.81. The number of nitrogens with two attached hydrogens (primary N) is 1. The van der Waals surface area contributed by atoms with E-state index in [1.165, 1.54) is 0 Å². The van der Waals surface area contributed by atoms with Crippen LogP contribution in [0.25, 0.3) is 11.3 Å². The van der Waals surface area contributed by atoms with Crippen LogP contribution in [0, 0.1) is 11.3 Å². The normalized spacial score (nSPS) is 19.0. The number of pyridine rings is 2. The second kappa shape index (κ2) is 14.1. The van der Waals surface area contributed by atoms with Gasteiger partial charge in [-0.1, -0.05) is 23.2 Å². The fraction of sp³-hybridized carbons (Fsp3) is 0.485. The highest BCUT2D eigenvalue weighted by atomic mass is 35.5. The Morgan fingerprint density at radius 3 is 2.33 bits per heavy atom. The van der Waals surface area contributed by atoms with Crippen molar-refractivity contribution in [1.82, 2.24) is 19.8 Å². The minimum atomic E-state index is -0.723. The Morgan fingerprint density at radius 2 is 1.71 bits per heavy atom. The van der Waals surface area contributed by atoms with E-state index in [-0.39, 0.29) is 12.0 Å². The van der Waals surface area contributed by atoms with Crippen LogP contribution in [0.1, 0.15) is 31.2 Å². The molecule has 2 saturated heterocycles. The van der Waals surface area contributed by atoms with Crippen molar-refractivity contribution in [2.24, 2.45) is 17.1 Å². The van der Waals surface area contributed by atoms with Crippen LogP contribution in [-0.4, -0.2) is 90.0 Å². The summed E-state index contributed by atoms with van der Waals surface area (Å²) in [4.78, 5) is 27.6. The number of hydrogen-bond acceptors (Lipinski definition) is 9. The molecule has 12 heteroatoms. The van der Waals surface area contributed by atoms with E-state index < -0.39 is 6.09 Å². The molecular formula is C33H40Cl2N6O4. The maximum atomic E-state index is 11.0. The van der Waals surface area contributed by atoms with Gasteiger partial charge < -0.3 is 25.2 Å². The number of piperazine rings is 1. The third-order valence-corrected chi connectivity index (χ3v) is 9.52. The van der Waals surface area contributed by atoms with Crippen LogP contribution < -0.4 is 15.4 Å². The first-order valence-electron chi connectivity index (χ1n) is 15.6. The number of carbonyl (C=O) groups is 1. The highest BCUT2D eigenvalue weighted by Gasteiger charge is 2.43. The lowest BCUT2D eigenvalue weighted by atomic mass is 9.97. The van der Waals surface area contributed by atoms with Crippen molar-refractivity contribution >= 4 is 35.1 Å². The molecule has 2 aromatic heterocycles. The fourth-order valence-electron chi connectivity index (χ4n) is 6.21. The Balaban J connectivity index is 1.12. The molecule has 0 atom stereocenters. The van der Waals surface area contributed by atoms with Crippen LogP contribution in [0.5, 0.6) is 11.6 Å². The third kappa shape index (κ3) is 8.56. The van der Waals surface area contributed by atoms with Crippen molar-refractivity contribution in [3.05, 3.63) is 64.3 Å². The van der Waals surface area contributed by atoms with E-state index in [4.69, 9.17) is 48.4 Å². The number of primary amides is 1. The highest BCUT2D eigenvalue weighted by molar-refractivity contribution is 6.35. The number of amides is 1. The van der Waals surface area contributed by atoms with Gasteiger partial charge in [0.25, 0.3) is 0 Å². The van der Waals surface area contributed by atoms with Crippen molar-refractivity contribution in [3.63, 3.8) is 0 Å². The molecule has 0 bridgehead atoms. The zero-order chi connectivity index (χ0) is 31.4. The molecule has 3 aromatic rings. The van der Waals surface area contributed by atoms with Crippen molar-refractivity contribution in [1.29, 1.82) is 0 Å². The number of likely N-dealkylation sites (tertiary alicyclic amines) is 1. The van der Waals surface area contributed by atoms with E-state index in [9.17, 15) is 9.90 Å². The van der Waals surface area contributed by atoms with E-state index in [2.05, 4.69) is 14.7 Å². The molecule has 0 spiro atoms. The van der Waals surface area contributed by atoms with E-state index in [0.29, 0.717) is 46.4 Å². The molecule has 3 aliphatic rings. The molecule has 1 aliphatic carbocycles. The van der Waals surface area contributed by atoms with Gasteiger partial charge in [-0.15, -0.1) is 0 Å². The lowest BCUT2D eigenvalue weighted by Crippen LogP contribution is -2.48. The van der Waals surface area contributed by atoms with Gasteiger partial charge in [0.05, 0.1) is 18.5 Å². The molecule has 1 saturated carbocycles. The van der Waals surface area contributed by atoms with Crippen LogP contribution in [0.15, 0.2) is 48.7 Å². The number of hydrogen-bond donors (Lipinski definition) is 2. The fourth-order valence-corrected chi connectivity index (χ4v) is 6.74. The monoisotopic (exact) mass is 654 g/mol. The number of anilines is 1. The number of nitrogens with zero attached hydrogens (tertiary/aromatic N) is 5. The second-order valence-corrected chi connectivity index (χ2v) is 13.5. The maximum Gasteiger partial charge on any atom is 0.404 e. The zero-order valence-electron chi connectivity index (χ0n) is 25.3. The summed E-state index contributed by atoms with van der Waals surface area (Å²) >= 11 is 12.7. The van der Waals surface area contributed by atoms with E-state index in [1.54, 1.807) is 12.3 Å². The standard InChI is InChI=1S/C33H40Cl2N6O4/c34-26-15-25(16-27(35)17-26)29-13-24(19-39-7-3-23(4-8-39)20-44-32(36)43)14-31(38-29)45-28-1-2-30(37-18-28)41-11-9-40(10-12-41)21-33(22-42)5-6-33/h1-2,13-18,23,42H,3-12,19-22H2,(H2,36,43). The first-order valence-corrected chi connectivity index (χ1v) is 16.4. The number of aliphatic hydroxyl groups excluding tert-OH is 1. The van der Waals surface area contributed by atoms with Crippen molar-refractivity contribution in [3.8, 4) is 22.9 Å². The number of ether oxygens (including phenoxy) is 2. The number of piperidine rings is 1. The minimum Gasteiger partial charge on any atom is -0.449 e. The molecule has 2 aliphatic heterocycles. The number of halogens is 2. The topological polar surface area (TPSA) is 117 Å². The Morgan fingerprint density at radius 1 is 0.978 bits per heavy atom. The molecule has 0 unspecified atom stereocenters. The van der Waals surface area contributed by atoms with Gasteiger partial charge in [-0.05, 0) is 86.7 Å². The van der Waals surface area contributed by atoms with Gasteiger partial charge >= 0.3 is 6.09 Å². The lowest BCUT2D eigenvalue weighted by molar-refractivity contribution is 0.1000. The molecule has 10 nitrogen and oxygen atoms in total. The summed E-state index contributed by atoms with van der Waals surface area (Å²) in [5, 5.41) is 10.8. The summed E-state index contributed by atoms with van der Waals surface area (Å²) in [5.74, 6) is 2.30. The number of rotatable bonds is 11. The Hall–Kier alpha value is -3.15. The molecule has 3 N–H and O–H groups in total. The summed E-state index contributed by atoms with van der Waals surface area (Å²) in [6.07, 6.45) is 5.14. The van der Waals surface area contributed by atoms with Gasteiger partial charge in [0.15, 0.2) is 0 Å². The molecule has 4 heterocycles. The smallest absolute Gasteiger partial charge is 0.404 e. The molecule has 1 aromatic carbocycles. The third-order valence-electron chi connectivity index (χ3n) is 9.09. The summed E-state index contributed by atoms with van der Waals surface area (Å²) in [5.41, 5.74) is 7.85. The van der Waals surface area contributed by atoms with Crippen LogP contribution >= 0.6 is 23.2 Å². The van der Waals surface area contributed by atoms with Gasteiger partial charge in [-0.25, -0.2) is 14.8 Å². The van der Waals surface area contributed by atoms with E-state index in [1.807, 2.05) is 36.4 Å². The lowest BCUT2D eigenvalue weighted by Gasteiger charge is -2.37. The maximum absolute atomic E-state index is 11.0. The molecule has 6 rings (SSSR count). The quantitative estimate of drug-likeness (QED) is 0.278. The van der Waals surface area contributed by atoms with Crippen molar-refractivity contribution in [2.75, 3.05) is 63.9 Å². The van der Waals surface area contributed by atoms with Crippen LogP contribution in [-0.2, 0) is 11.3 Å². The molecule has 3 fully saturated rings. The Bertz CT molecular complexity index is 1450. The summed E-state index contributed by atoms with van der Waals surface area (Å²) in [6.45, 7) is 7.85. The predicted octanol–water partition coefficient (Wildman–Crippen LogP) is 5.44. The second-order valence-electron chi connectivity index (χ2n) is 12.6. The van der Waals surface area contributed by atoms with E-state index in [0.717, 1.165) is 88.4 Å². The van der Waals surface area contributed by atoms with Gasteiger partial charge in [0.2, 0.25) is 5.88 Å². The Labute approximate surface area is 274 Å². The van der Waals surface area contributed by atoms with Gasteiger partial charge in [-0.3, -0.25) is 9.80 Å². The molecule has 1 amide bonds. The largest absolute Gasteiger partial charge is 0.449 e. The van der Waals surface area contributed by atoms with Crippen LogP contribution in [0.2, 0.25) is 10.0 Å². The SMILES string of the molecule is NC(=O)OCC1CCN(Cc2cc(Oc3ccc(N4CCN(CC5(CO)CC5)CC4)nc3)nc(-c3cc(Cl)cc(Cl)c3)c2)CC1. The minimum absolute atomic E-state index is 0.142. The first kappa shape index (κ1) is 31.8. The number of carbonyl (C=O) groups excluding carboxylic acids is 1. The number of aliphatic hydroxyl groups is 1. The number of aromatic nitrogens is 2. The molecule has 240 valence electrons. The zero-order valence-corrected chi connectivity index (χ0v) is 26.8. The highest BCUT2D eigenvalue weighted by Crippen LogP contribution is 2.45. The van der Waals surface area contributed by atoms with Crippen molar-refractivity contribution in [2.45, 2.75) is 32.2 Å². The number of benzene rings is 1. The summed E-state index contributed by atoms with van der Waals surface area (Å²) < 4.78 is 11.3. The van der Waals surface area contributed by atoms with Crippen molar-refractivity contribution < 1.29 is 19.4 Å². The molecule has 45 heavy (non-hydrogen) atoms. The molecule has 0 radical (unpaired) electrons. The Kier molecular flexibility index (Phi) is 9.96. The first-order chi connectivity index (χ1) is 21.8. The van der Waals surface area contributed by atoms with Crippen LogP contribution in [0.3, 0.4) is 0 Å². The average molecular weight is 656 g/mol. The van der Waals surface area contributed by atoms with Gasteiger partial charge in [0, 0.05) is 73.0 Å². The van der Waals surface area contributed by atoms with E-state index >= 15 is 0 Å². The van der Waals surface area contributed by atoms with Crippen LogP contribution in [0.4, 0.5) is 10.6 Å².